The summed E-state index contributed by atoms with van der Waals surface area (Å²) in [5.41, 5.74) is 10.6. The molecule has 0 rings (SSSR count). The lowest BCUT2D eigenvalue weighted by Crippen LogP contribution is -2.35. The Kier molecular flexibility index (Phi) is 4.80. The summed E-state index contributed by atoms with van der Waals surface area (Å²) in [6.07, 6.45) is -0.0983. The second-order valence-electron chi connectivity index (χ2n) is 2.95. The molecule has 0 aromatic carbocycles. The molecule has 0 aromatic rings. The van der Waals surface area contributed by atoms with E-state index in [1.54, 1.807) is 6.92 Å². The zero-order valence-corrected chi connectivity index (χ0v) is 7.10. The van der Waals surface area contributed by atoms with Gasteiger partial charge in [-0.3, -0.25) is 4.79 Å². The van der Waals surface area contributed by atoms with Crippen molar-refractivity contribution in [2.75, 3.05) is 0 Å². The molecule has 3 atom stereocenters. The lowest BCUT2D eigenvalue weighted by Gasteiger charge is -2.15. The molecule has 1 unspecified atom stereocenters. The minimum Gasteiger partial charge on any atom is -0.480 e. The average molecular weight is 176 g/mol. The second kappa shape index (κ2) is 5.08. The van der Waals surface area contributed by atoms with Crippen molar-refractivity contribution in [3.8, 4) is 0 Å². The highest BCUT2D eigenvalue weighted by Crippen LogP contribution is 2.02. The Morgan fingerprint density at radius 2 is 1.92 bits per heavy atom. The van der Waals surface area contributed by atoms with Gasteiger partial charge in [0.15, 0.2) is 0 Å². The summed E-state index contributed by atoms with van der Waals surface area (Å²) < 4.78 is 0. The lowest BCUT2D eigenvalue weighted by atomic mass is 10.0. The van der Waals surface area contributed by atoms with Gasteiger partial charge in [0.25, 0.3) is 0 Å². The standard InChI is InChI=1S/C7H16N2O3/c1-4(8)6(10)3-2-5(9)7(11)12/h4-6,10H,2-3,8-9H2,1H3,(H,11,12)/t4?,5-,6+/m0/s1. The molecule has 0 fully saturated rings. The predicted molar refractivity (Wildman–Crippen MR) is 44.5 cm³/mol. The number of rotatable bonds is 5. The van der Waals surface area contributed by atoms with Gasteiger partial charge >= 0.3 is 5.97 Å². The molecule has 6 N–H and O–H groups in total. The molecule has 0 saturated carbocycles. The molecule has 5 heteroatoms. The van der Waals surface area contributed by atoms with Gasteiger partial charge in [0, 0.05) is 6.04 Å². The Labute approximate surface area is 71.4 Å². The van der Waals surface area contributed by atoms with E-state index in [1.807, 2.05) is 0 Å². The predicted octanol–water partition coefficient (Wildman–Crippen LogP) is -1.11. The summed E-state index contributed by atoms with van der Waals surface area (Å²) in [4.78, 5) is 10.2. The van der Waals surface area contributed by atoms with Gasteiger partial charge in [-0.15, -0.1) is 0 Å². The zero-order valence-electron chi connectivity index (χ0n) is 7.10. The van der Waals surface area contributed by atoms with Gasteiger partial charge in [0.05, 0.1) is 6.10 Å². The first-order chi connectivity index (χ1) is 5.45. The molecule has 0 aliphatic heterocycles. The number of hydrogen-bond donors (Lipinski definition) is 4. The molecule has 0 heterocycles. The number of aliphatic carboxylic acids is 1. The van der Waals surface area contributed by atoms with Crippen molar-refractivity contribution < 1.29 is 15.0 Å². The smallest absolute Gasteiger partial charge is 0.320 e. The van der Waals surface area contributed by atoms with E-state index in [4.69, 9.17) is 16.6 Å². The highest BCUT2D eigenvalue weighted by Gasteiger charge is 2.15. The Bertz CT molecular complexity index is 150. The second-order valence-corrected chi connectivity index (χ2v) is 2.95. The molecule has 0 amide bonds. The van der Waals surface area contributed by atoms with Gasteiger partial charge in [-0.2, -0.15) is 0 Å². The highest BCUT2D eigenvalue weighted by atomic mass is 16.4. The number of carboxylic acid groups (broad SMARTS) is 1. The van der Waals surface area contributed by atoms with Crippen LogP contribution in [0.2, 0.25) is 0 Å². The molecule has 0 radical (unpaired) electrons. The van der Waals surface area contributed by atoms with Crippen molar-refractivity contribution in [2.24, 2.45) is 11.5 Å². The fraction of sp³-hybridized carbons (Fsp3) is 0.857. The molecule has 12 heavy (non-hydrogen) atoms. The van der Waals surface area contributed by atoms with E-state index in [0.717, 1.165) is 0 Å². The fourth-order valence-electron chi connectivity index (χ4n) is 0.737. The van der Waals surface area contributed by atoms with Crippen LogP contribution in [-0.2, 0) is 4.79 Å². The maximum Gasteiger partial charge on any atom is 0.320 e. The molecule has 72 valence electrons. The Morgan fingerprint density at radius 3 is 2.25 bits per heavy atom. The topological polar surface area (TPSA) is 110 Å². The first-order valence-electron chi connectivity index (χ1n) is 3.87. The number of carbonyl (C=O) groups is 1. The third-order valence-electron chi connectivity index (χ3n) is 1.70. The van der Waals surface area contributed by atoms with Crippen LogP contribution < -0.4 is 11.5 Å². The average Bonchev–Trinajstić information content (AvgIpc) is 1.98. The first kappa shape index (κ1) is 11.4. The van der Waals surface area contributed by atoms with E-state index < -0.39 is 18.1 Å². The summed E-state index contributed by atoms with van der Waals surface area (Å²) in [5.74, 6) is -1.05. The van der Waals surface area contributed by atoms with E-state index in [-0.39, 0.29) is 12.5 Å². The third-order valence-corrected chi connectivity index (χ3v) is 1.70. The Hall–Kier alpha value is -0.650. The molecular weight excluding hydrogens is 160 g/mol. The SMILES string of the molecule is CC(N)[C@H](O)CC[C@H](N)C(=O)O. The summed E-state index contributed by atoms with van der Waals surface area (Å²) in [6, 6.07) is -1.25. The van der Waals surface area contributed by atoms with Gasteiger partial charge in [-0.05, 0) is 19.8 Å². The largest absolute Gasteiger partial charge is 0.480 e. The number of aliphatic hydroxyl groups excluding tert-OH is 1. The van der Waals surface area contributed by atoms with E-state index in [2.05, 4.69) is 0 Å². The van der Waals surface area contributed by atoms with E-state index >= 15 is 0 Å². The van der Waals surface area contributed by atoms with Crippen molar-refractivity contribution in [1.29, 1.82) is 0 Å². The van der Waals surface area contributed by atoms with Crippen LogP contribution in [0.4, 0.5) is 0 Å². The normalized spacial score (nSPS) is 18.3. The Morgan fingerprint density at radius 1 is 1.42 bits per heavy atom. The molecule has 0 spiro atoms. The molecule has 5 nitrogen and oxygen atoms in total. The van der Waals surface area contributed by atoms with Crippen LogP contribution in [0.5, 0.6) is 0 Å². The number of hydrogen-bond acceptors (Lipinski definition) is 4. The van der Waals surface area contributed by atoms with E-state index in [1.165, 1.54) is 0 Å². The number of aliphatic hydroxyl groups is 1. The monoisotopic (exact) mass is 176 g/mol. The number of nitrogens with two attached hydrogens (primary N) is 2. The summed E-state index contributed by atoms with van der Waals surface area (Å²) in [7, 11) is 0. The summed E-state index contributed by atoms with van der Waals surface area (Å²) in [6.45, 7) is 1.66. The fourth-order valence-corrected chi connectivity index (χ4v) is 0.737. The molecule has 0 aromatic heterocycles. The lowest BCUT2D eigenvalue weighted by molar-refractivity contribution is -0.138. The maximum atomic E-state index is 10.2. The van der Waals surface area contributed by atoms with Crippen LogP contribution >= 0.6 is 0 Å². The van der Waals surface area contributed by atoms with Gasteiger partial charge in [-0.25, -0.2) is 0 Å². The van der Waals surface area contributed by atoms with Crippen LogP contribution in [0, 0.1) is 0 Å². The van der Waals surface area contributed by atoms with Gasteiger partial charge < -0.3 is 21.7 Å². The highest BCUT2D eigenvalue weighted by molar-refractivity contribution is 5.72. The van der Waals surface area contributed by atoms with Crippen molar-refractivity contribution in [1.82, 2.24) is 0 Å². The van der Waals surface area contributed by atoms with Crippen LogP contribution in [0.3, 0.4) is 0 Å². The summed E-state index contributed by atoms with van der Waals surface area (Å²) >= 11 is 0. The van der Waals surface area contributed by atoms with E-state index in [0.29, 0.717) is 6.42 Å². The molecule has 0 aliphatic rings. The van der Waals surface area contributed by atoms with E-state index in [9.17, 15) is 9.90 Å². The third kappa shape index (κ3) is 4.27. The molecule has 0 saturated heterocycles. The quantitative estimate of drug-likeness (QED) is 0.424. The summed E-state index contributed by atoms with van der Waals surface area (Å²) in [5, 5.41) is 17.6. The van der Waals surface area contributed by atoms with Gasteiger partial charge in [0.2, 0.25) is 0 Å². The Balaban J connectivity index is 3.61. The van der Waals surface area contributed by atoms with Gasteiger partial charge in [-0.1, -0.05) is 0 Å². The number of carboxylic acids is 1. The van der Waals surface area contributed by atoms with Crippen molar-refractivity contribution in [2.45, 2.75) is 38.0 Å². The van der Waals surface area contributed by atoms with Crippen LogP contribution in [-0.4, -0.2) is 34.4 Å². The first-order valence-corrected chi connectivity index (χ1v) is 3.87. The van der Waals surface area contributed by atoms with Crippen LogP contribution in [0.1, 0.15) is 19.8 Å². The minimum atomic E-state index is -1.05. The minimum absolute atomic E-state index is 0.248. The maximum absolute atomic E-state index is 10.2. The van der Waals surface area contributed by atoms with Crippen molar-refractivity contribution in [3.05, 3.63) is 0 Å². The zero-order chi connectivity index (χ0) is 9.72. The molecule has 0 bridgehead atoms. The van der Waals surface area contributed by atoms with Crippen molar-refractivity contribution in [3.63, 3.8) is 0 Å². The van der Waals surface area contributed by atoms with Gasteiger partial charge in [0.1, 0.15) is 6.04 Å². The van der Waals surface area contributed by atoms with Crippen molar-refractivity contribution >= 4 is 5.97 Å². The molecular formula is C7H16N2O3. The molecule has 0 aliphatic carbocycles. The van der Waals surface area contributed by atoms with Crippen LogP contribution in [0.15, 0.2) is 0 Å². The van der Waals surface area contributed by atoms with Crippen LogP contribution in [0.25, 0.3) is 0 Å².